The Bertz CT molecular complexity index is 250. The summed E-state index contributed by atoms with van der Waals surface area (Å²) >= 11 is 0. The number of likely N-dealkylation sites (N-methyl/N-ethyl adjacent to an activating group) is 2. The largest absolute Gasteiger partial charge is 0.480 e. The maximum absolute atomic E-state index is 11.9. The van der Waals surface area contributed by atoms with Gasteiger partial charge in [0, 0.05) is 19.6 Å². The van der Waals surface area contributed by atoms with Gasteiger partial charge in [-0.2, -0.15) is 0 Å². The van der Waals surface area contributed by atoms with Gasteiger partial charge in [0.25, 0.3) is 0 Å². The Hall–Kier alpha value is -1.52. The predicted molar refractivity (Wildman–Crippen MR) is 62.3 cm³/mol. The van der Waals surface area contributed by atoms with Crippen LogP contribution in [0.5, 0.6) is 0 Å². The average molecular weight is 228 g/mol. The van der Waals surface area contributed by atoms with Gasteiger partial charge in [-0.15, -0.1) is 0 Å². The van der Waals surface area contributed by atoms with Crippen LogP contribution < -0.4 is 0 Å². The van der Waals surface area contributed by atoms with Gasteiger partial charge in [0.05, 0.1) is 0 Å². The number of amides is 2. The molecule has 0 heterocycles. The fourth-order valence-electron chi connectivity index (χ4n) is 1.32. The van der Waals surface area contributed by atoms with E-state index in [9.17, 15) is 9.59 Å². The fraction of sp³-hybridized carbons (Fsp3) is 0.636. The van der Waals surface area contributed by atoms with Gasteiger partial charge in [-0.3, -0.25) is 4.79 Å². The number of carbonyl (C=O) groups excluding carboxylic acids is 1. The molecule has 92 valence electrons. The highest BCUT2D eigenvalue weighted by Crippen LogP contribution is 2.02. The van der Waals surface area contributed by atoms with Crippen molar-refractivity contribution in [1.82, 2.24) is 9.80 Å². The Balaban J connectivity index is 4.56. The molecule has 0 atom stereocenters. The minimum absolute atomic E-state index is 0.254. The van der Waals surface area contributed by atoms with Crippen LogP contribution in [0.3, 0.4) is 0 Å². The predicted octanol–water partition coefficient (Wildman–Crippen LogP) is 1.41. The molecule has 5 nitrogen and oxygen atoms in total. The third-order valence-corrected chi connectivity index (χ3v) is 2.09. The SMILES string of the molecule is C=C(C)CN(CC)C(=O)N(CC)CC(=O)O. The molecule has 0 aromatic carbocycles. The fourth-order valence-corrected chi connectivity index (χ4v) is 1.32. The molecule has 0 saturated heterocycles. The second kappa shape index (κ2) is 6.87. The summed E-state index contributed by atoms with van der Waals surface area (Å²) in [6.45, 7) is 10.3. The molecule has 0 aliphatic carbocycles. The highest BCUT2D eigenvalue weighted by Gasteiger charge is 2.20. The highest BCUT2D eigenvalue weighted by atomic mass is 16.4. The number of rotatable bonds is 6. The molecular formula is C11H20N2O3. The van der Waals surface area contributed by atoms with Gasteiger partial charge in [-0.05, 0) is 20.8 Å². The van der Waals surface area contributed by atoms with Crippen LogP contribution in [0.15, 0.2) is 12.2 Å². The second-order valence-corrected chi connectivity index (χ2v) is 3.66. The zero-order valence-electron chi connectivity index (χ0n) is 10.2. The molecule has 0 aliphatic heterocycles. The second-order valence-electron chi connectivity index (χ2n) is 3.66. The molecule has 2 amide bonds. The highest BCUT2D eigenvalue weighted by molar-refractivity contribution is 5.80. The summed E-state index contributed by atoms with van der Waals surface area (Å²) < 4.78 is 0. The summed E-state index contributed by atoms with van der Waals surface area (Å²) in [7, 11) is 0. The molecule has 0 aromatic rings. The molecular weight excluding hydrogens is 208 g/mol. The van der Waals surface area contributed by atoms with Gasteiger partial charge in [-0.1, -0.05) is 12.2 Å². The smallest absolute Gasteiger partial charge is 0.323 e. The maximum atomic E-state index is 11.9. The first-order chi connectivity index (χ1) is 7.42. The standard InChI is InChI=1S/C11H20N2O3/c1-5-12(7-9(3)4)11(16)13(6-2)8-10(14)15/h3,5-8H2,1-2,4H3,(H,14,15). The number of carbonyl (C=O) groups is 2. The average Bonchev–Trinajstić information content (AvgIpc) is 2.20. The lowest BCUT2D eigenvalue weighted by atomic mass is 10.3. The lowest BCUT2D eigenvalue weighted by Gasteiger charge is -2.28. The van der Waals surface area contributed by atoms with Crippen molar-refractivity contribution >= 4 is 12.0 Å². The number of nitrogens with zero attached hydrogens (tertiary/aromatic N) is 2. The van der Waals surface area contributed by atoms with Gasteiger partial charge in [0.15, 0.2) is 0 Å². The van der Waals surface area contributed by atoms with Crippen molar-refractivity contribution in [2.75, 3.05) is 26.2 Å². The first kappa shape index (κ1) is 14.5. The quantitative estimate of drug-likeness (QED) is 0.699. The van der Waals surface area contributed by atoms with E-state index in [0.717, 1.165) is 5.57 Å². The molecule has 1 N–H and O–H groups in total. The third kappa shape index (κ3) is 4.82. The zero-order valence-corrected chi connectivity index (χ0v) is 10.2. The van der Waals surface area contributed by atoms with Crippen LogP contribution in [0.4, 0.5) is 4.79 Å². The van der Waals surface area contributed by atoms with Gasteiger partial charge < -0.3 is 14.9 Å². The lowest BCUT2D eigenvalue weighted by Crippen LogP contribution is -2.45. The van der Waals surface area contributed by atoms with Crippen LogP contribution in [0, 0.1) is 0 Å². The van der Waals surface area contributed by atoms with E-state index >= 15 is 0 Å². The third-order valence-electron chi connectivity index (χ3n) is 2.09. The molecule has 0 fully saturated rings. The number of hydrogen-bond donors (Lipinski definition) is 1. The van der Waals surface area contributed by atoms with Crippen LogP contribution in [-0.2, 0) is 4.79 Å². The van der Waals surface area contributed by atoms with Crippen LogP contribution >= 0.6 is 0 Å². The van der Waals surface area contributed by atoms with Gasteiger partial charge in [0.2, 0.25) is 0 Å². The number of carboxylic acids is 1. The van der Waals surface area contributed by atoms with Crippen molar-refractivity contribution < 1.29 is 14.7 Å². The number of carboxylic acid groups (broad SMARTS) is 1. The molecule has 0 bridgehead atoms. The summed E-state index contributed by atoms with van der Waals surface area (Å²) in [5, 5.41) is 8.67. The summed E-state index contributed by atoms with van der Waals surface area (Å²) in [6, 6.07) is -0.254. The molecule has 0 spiro atoms. The molecule has 0 unspecified atom stereocenters. The van der Waals surface area contributed by atoms with E-state index in [1.165, 1.54) is 4.90 Å². The minimum atomic E-state index is -0.999. The van der Waals surface area contributed by atoms with E-state index in [1.807, 2.05) is 13.8 Å². The molecule has 16 heavy (non-hydrogen) atoms. The minimum Gasteiger partial charge on any atom is -0.480 e. The Morgan fingerprint density at radius 3 is 1.88 bits per heavy atom. The van der Waals surface area contributed by atoms with Gasteiger partial charge in [-0.25, -0.2) is 4.79 Å². The van der Waals surface area contributed by atoms with E-state index in [4.69, 9.17) is 5.11 Å². The van der Waals surface area contributed by atoms with E-state index in [1.54, 1.807) is 11.8 Å². The topological polar surface area (TPSA) is 60.9 Å². The van der Waals surface area contributed by atoms with Gasteiger partial charge >= 0.3 is 12.0 Å². The number of aliphatic carboxylic acids is 1. The molecule has 0 aliphatic rings. The molecule has 0 saturated carbocycles. The zero-order chi connectivity index (χ0) is 12.7. The van der Waals surface area contributed by atoms with E-state index < -0.39 is 5.97 Å². The molecule has 5 heteroatoms. The summed E-state index contributed by atoms with van der Waals surface area (Å²) in [5.74, 6) is -0.999. The van der Waals surface area contributed by atoms with Gasteiger partial charge in [0.1, 0.15) is 6.54 Å². The van der Waals surface area contributed by atoms with Crippen molar-refractivity contribution in [2.45, 2.75) is 20.8 Å². The normalized spacial score (nSPS) is 9.69. The maximum Gasteiger partial charge on any atom is 0.323 e. The van der Waals surface area contributed by atoms with Crippen LogP contribution in [0.2, 0.25) is 0 Å². The Morgan fingerprint density at radius 2 is 1.56 bits per heavy atom. The van der Waals surface area contributed by atoms with Crippen molar-refractivity contribution in [3.63, 3.8) is 0 Å². The first-order valence-electron chi connectivity index (χ1n) is 5.32. The summed E-state index contributed by atoms with van der Waals surface area (Å²) in [4.78, 5) is 25.4. The monoisotopic (exact) mass is 228 g/mol. The van der Waals surface area contributed by atoms with Crippen molar-refractivity contribution in [2.24, 2.45) is 0 Å². The van der Waals surface area contributed by atoms with Crippen molar-refractivity contribution in [3.8, 4) is 0 Å². The van der Waals surface area contributed by atoms with Crippen molar-refractivity contribution in [3.05, 3.63) is 12.2 Å². The van der Waals surface area contributed by atoms with E-state index in [2.05, 4.69) is 6.58 Å². The van der Waals surface area contributed by atoms with Crippen molar-refractivity contribution in [1.29, 1.82) is 0 Å². The van der Waals surface area contributed by atoms with Crippen LogP contribution in [0.25, 0.3) is 0 Å². The molecule has 0 radical (unpaired) electrons. The lowest BCUT2D eigenvalue weighted by molar-refractivity contribution is -0.137. The number of hydrogen-bond acceptors (Lipinski definition) is 2. The molecule has 0 aromatic heterocycles. The Morgan fingerprint density at radius 1 is 1.12 bits per heavy atom. The van der Waals surface area contributed by atoms with E-state index in [-0.39, 0.29) is 12.6 Å². The molecule has 0 rings (SSSR count). The summed E-state index contributed by atoms with van der Waals surface area (Å²) in [6.07, 6.45) is 0. The van der Waals surface area contributed by atoms with Crippen LogP contribution in [0.1, 0.15) is 20.8 Å². The summed E-state index contributed by atoms with van der Waals surface area (Å²) in [5.41, 5.74) is 0.876. The Kier molecular flexibility index (Phi) is 6.22. The Labute approximate surface area is 96.3 Å². The first-order valence-corrected chi connectivity index (χ1v) is 5.32. The van der Waals surface area contributed by atoms with Crippen LogP contribution in [-0.4, -0.2) is 53.1 Å². The number of urea groups is 1. The van der Waals surface area contributed by atoms with E-state index in [0.29, 0.717) is 19.6 Å².